The van der Waals surface area contributed by atoms with Gasteiger partial charge >= 0.3 is 5.76 Å². The molecule has 0 unspecified atom stereocenters. The minimum atomic E-state index is -0.425. The van der Waals surface area contributed by atoms with Gasteiger partial charge in [0.2, 0.25) is 0 Å². The molecule has 0 aliphatic heterocycles. The molecule has 24 heavy (non-hydrogen) atoms. The van der Waals surface area contributed by atoms with E-state index in [0.717, 1.165) is 0 Å². The smallest absolute Gasteiger partial charge is 0.408 e. The van der Waals surface area contributed by atoms with E-state index in [1.807, 2.05) is 24.3 Å². The lowest BCUT2D eigenvalue weighted by molar-refractivity contribution is 0.102. The second-order valence-electron chi connectivity index (χ2n) is 6.89. The van der Waals surface area contributed by atoms with Crippen LogP contribution in [-0.2, 0) is 12.5 Å². The Balaban J connectivity index is 1.83. The minimum absolute atomic E-state index is 0.0465. The van der Waals surface area contributed by atoms with Crippen molar-refractivity contribution in [3.63, 3.8) is 0 Å². The number of oxazole rings is 1. The molecule has 0 radical (unpaired) electrons. The van der Waals surface area contributed by atoms with Crippen molar-refractivity contribution in [2.45, 2.75) is 26.2 Å². The first kappa shape index (κ1) is 16.1. The quantitative estimate of drug-likeness (QED) is 0.782. The molecule has 0 aliphatic rings. The van der Waals surface area contributed by atoms with Crippen molar-refractivity contribution in [3.8, 4) is 0 Å². The lowest BCUT2D eigenvalue weighted by Gasteiger charge is -2.19. The highest BCUT2D eigenvalue weighted by Gasteiger charge is 2.15. The maximum atomic E-state index is 12.4. The van der Waals surface area contributed by atoms with Gasteiger partial charge in [0, 0.05) is 24.4 Å². The maximum absolute atomic E-state index is 12.4. The van der Waals surface area contributed by atoms with Crippen LogP contribution in [0.5, 0.6) is 0 Å². The number of hydrogen-bond donors (Lipinski definition) is 1. The Kier molecular flexibility index (Phi) is 3.79. The van der Waals surface area contributed by atoms with Gasteiger partial charge in [-0.15, -0.1) is 0 Å². The van der Waals surface area contributed by atoms with Crippen molar-refractivity contribution >= 4 is 22.7 Å². The summed E-state index contributed by atoms with van der Waals surface area (Å²) < 4.78 is 6.56. The summed E-state index contributed by atoms with van der Waals surface area (Å²) in [7, 11) is 1.64. The van der Waals surface area contributed by atoms with Crippen LogP contribution in [0.3, 0.4) is 0 Å². The highest BCUT2D eigenvalue weighted by atomic mass is 16.4. The van der Waals surface area contributed by atoms with E-state index in [1.165, 1.54) is 10.1 Å². The van der Waals surface area contributed by atoms with Crippen LogP contribution in [0.2, 0.25) is 0 Å². The second kappa shape index (κ2) is 5.67. The fourth-order valence-corrected chi connectivity index (χ4v) is 2.54. The topological polar surface area (TPSA) is 64.2 Å². The highest BCUT2D eigenvalue weighted by molar-refractivity contribution is 6.04. The van der Waals surface area contributed by atoms with Crippen LogP contribution >= 0.6 is 0 Å². The fourth-order valence-electron chi connectivity index (χ4n) is 2.54. The molecule has 0 spiro atoms. The number of anilines is 1. The Hall–Kier alpha value is -2.82. The molecular weight excluding hydrogens is 304 g/mol. The number of fused-ring (bicyclic) bond motifs is 1. The molecule has 1 amide bonds. The third-order valence-corrected chi connectivity index (χ3v) is 4.06. The van der Waals surface area contributed by atoms with Crippen LogP contribution in [0.1, 0.15) is 36.7 Å². The van der Waals surface area contributed by atoms with Crippen molar-refractivity contribution < 1.29 is 9.21 Å². The van der Waals surface area contributed by atoms with E-state index in [4.69, 9.17) is 4.42 Å². The van der Waals surface area contributed by atoms with Crippen LogP contribution in [0.15, 0.2) is 51.7 Å². The van der Waals surface area contributed by atoms with E-state index in [0.29, 0.717) is 22.4 Å². The number of rotatable bonds is 2. The molecule has 1 aromatic heterocycles. The van der Waals surface area contributed by atoms with Crippen molar-refractivity contribution in [3.05, 3.63) is 64.1 Å². The molecule has 0 saturated carbocycles. The van der Waals surface area contributed by atoms with E-state index in [2.05, 4.69) is 26.1 Å². The summed E-state index contributed by atoms with van der Waals surface area (Å²) in [5, 5.41) is 2.83. The number of hydrogen-bond acceptors (Lipinski definition) is 3. The number of carbonyl (C=O) groups is 1. The Morgan fingerprint density at radius 2 is 1.75 bits per heavy atom. The van der Waals surface area contributed by atoms with Gasteiger partial charge in [0.1, 0.15) is 0 Å². The number of nitrogens with zero attached hydrogens (tertiary/aromatic N) is 1. The number of benzene rings is 2. The summed E-state index contributed by atoms with van der Waals surface area (Å²) in [5.41, 5.74) is 3.52. The number of nitrogens with one attached hydrogen (secondary N) is 1. The third kappa shape index (κ3) is 2.97. The molecule has 2 aromatic carbocycles. The van der Waals surface area contributed by atoms with E-state index < -0.39 is 5.76 Å². The average molecular weight is 324 g/mol. The zero-order chi connectivity index (χ0) is 17.5. The van der Waals surface area contributed by atoms with Crippen LogP contribution in [0.4, 0.5) is 5.69 Å². The second-order valence-corrected chi connectivity index (χ2v) is 6.89. The summed E-state index contributed by atoms with van der Waals surface area (Å²) in [6.45, 7) is 6.39. The molecule has 5 nitrogen and oxygen atoms in total. The van der Waals surface area contributed by atoms with Gasteiger partial charge in [-0.2, -0.15) is 0 Å². The Labute approximate surface area is 139 Å². The molecule has 3 aromatic rings. The molecule has 0 bridgehead atoms. The molecule has 5 heteroatoms. The Morgan fingerprint density at radius 1 is 1.08 bits per heavy atom. The Bertz CT molecular complexity index is 957. The van der Waals surface area contributed by atoms with Crippen molar-refractivity contribution in [1.29, 1.82) is 0 Å². The molecule has 0 saturated heterocycles. The largest absolute Gasteiger partial charge is 0.419 e. The third-order valence-electron chi connectivity index (χ3n) is 4.06. The summed E-state index contributed by atoms with van der Waals surface area (Å²) in [4.78, 5) is 23.9. The number of aryl methyl sites for hydroxylation is 1. The van der Waals surface area contributed by atoms with Gasteiger partial charge in [-0.05, 0) is 35.2 Å². The molecule has 1 heterocycles. The summed E-state index contributed by atoms with van der Waals surface area (Å²) >= 11 is 0. The van der Waals surface area contributed by atoms with Gasteiger partial charge in [0.05, 0.1) is 5.52 Å². The van der Waals surface area contributed by atoms with Gasteiger partial charge in [0.15, 0.2) is 5.58 Å². The Morgan fingerprint density at radius 3 is 2.38 bits per heavy atom. The summed E-state index contributed by atoms with van der Waals surface area (Å²) in [6, 6.07) is 12.7. The molecule has 3 rings (SSSR count). The first-order valence-corrected chi connectivity index (χ1v) is 7.77. The van der Waals surface area contributed by atoms with Crippen molar-refractivity contribution in [2.75, 3.05) is 5.32 Å². The lowest BCUT2D eigenvalue weighted by atomic mass is 9.87. The SMILES string of the molecule is Cn1c(=O)oc2cc(NC(=O)c3ccc(C(C)(C)C)cc3)ccc21. The van der Waals surface area contributed by atoms with Gasteiger partial charge in [-0.1, -0.05) is 32.9 Å². The van der Waals surface area contributed by atoms with Crippen molar-refractivity contribution in [1.82, 2.24) is 4.57 Å². The van der Waals surface area contributed by atoms with Gasteiger partial charge in [-0.25, -0.2) is 4.79 Å². The number of carbonyl (C=O) groups excluding carboxylic acids is 1. The first-order chi connectivity index (χ1) is 11.3. The summed E-state index contributed by atoms with van der Waals surface area (Å²) in [5.74, 6) is -0.626. The van der Waals surface area contributed by atoms with Crippen LogP contribution < -0.4 is 11.1 Å². The number of amides is 1. The van der Waals surface area contributed by atoms with Crippen LogP contribution in [0, 0.1) is 0 Å². The van der Waals surface area contributed by atoms with Crippen molar-refractivity contribution in [2.24, 2.45) is 7.05 Å². The predicted molar refractivity (Wildman–Crippen MR) is 94.6 cm³/mol. The molecule has 0 atom stereocenters. The van der Waals surface area contributed by atoms with Gasteiger partial charge in [-0.3, -0.25) is 9.36 Å². The highest BCUT2D eigenvalue weighted by Crippen LogP contribution is 2.23. The van der Waals surface area contributed by atoms with Crippen LogP contribution in [-0.4, -0.2) is 10.5 Å². The lowest BCUT2D eigenvalue weighted by Crippen LogP contribution is -2.14. The summed E-state index contributed by atoms with van der Waals surface area (Å²) in [6.07, 6.45) is 0. The average Bonchev–Trinajstić information content (AvgIpc) is 2.81. The molecule has 124 valence electrons. The van der Waals surface area contributed by atoms with Gasteiger partial charge < -0.3 is 9.73 Å². The maximum Gasteiger partial charge on any atom is 0.419 e. The normalized spacial score (nSPS) is 11.7. The van der Waals surface area contributed by atoms with Crippen LogP contribution in [0.25, 0.3) is 11.1 Å². The number of aromatic nitrogens is 1. The monoisotopic (exact) mass is 324 g/mol. The fraction of sp³-hybridized carbons (Fsp3) is 0.263. The first-order valence-electron chi connectivity index (χ1n) is 7.77. The van der Waals surface area contributed by atoms with E-state index in [9.17, 15) is 9.59 Å². The zero-order valence-electron chi connectivity index (χ0n) is 14.2. The molecule has 1 N–H and O–H groups in total. The standard InChI is InChI=1S/C19H20N2O3/c1-19(2,3)13-7-5-12(6-8-13)17(22)20-14-9-10-15-16(11-14)24-18(23)21(15)4/h5-11H,1-4H3,(H,20,22). The molecular formula is C19H20N2O3. The van der Waals surface area contributed by atoms with Gasteiger partial charge in [0.25, 0.3) is 5.91 Å². The molecule has 0 fully saturated rings. The van der Waals surface area contributed by atoms with E-state index in [-0.39, 0.29) is 11.3 Å². The molecule has 0 aliphatic carbocycles. The minimum Gasteiger partial charge on any atom is -0.408 e. The van der Waals surface area contributed by atoms with E-state index >= 15 is 0 Å². The zero-order valence-corrected chi connectivity index (χ0v) is 14.2. The predicted octanol–water partition coefficient (Wildman–Crippen LogP) is 3.68. The van der Waals surface area contributed by atoms with E-state index in [1.54, 1.807) is 25.2 Å².